The van der Waals surface area contributed by atoms with Crippen molar-refractivity contribution in [2.24, 2.45) is 17.6 Å². The second-order valence-electron chi connectivity index (χ2n) is 5.38. The SMILES string of the molecule is CCCC(CN)C(O)C1CCCCCCC1. The molecule has 2 heteroatoms. The van der Waals surface area contributed by atoms with Gasteiger partial charge in [-0.1, -0.05) is 45.4 Å². The fraction of sp³-hybridized carbons (Fsp3) is 1.00. The summed E-state index contributed by atoms with van der Waals surface area (Å²) in [5.41, 5.74) is 5.78. The van der Waals surface area contributed by atoms with Crippen LogP contribution in [0.1, 0.15) is 64.7 Å². The van der Waals surface area contributed by atoms with Crippen molar-refractivity contribution in [1.82, 2.24) is 0 Å². The quantitative estimate of drug-likeness (QED) is 0.758. The predicted molar refractivity (Wildman–Crippen MR) is 69.3 cm³/mol. The second-order valence-corrected chi connectivity index (χ2v) is 5.38. The third-order valence-electron chi connectivity index (χ3n) is 4.08. The lowest BCUT2D eigenvalue weighted by atomic mass is 9.80. The molecule has 0 bridgehead atoms. The molecule has 0 aliphatic heterocycles. The summed E-state index contributed by atoms with van der Waals surface area (Å²) in [6.07, 6.45) is 11.2. The van der Waals surface area contributed by atoms with Crippen LogP contribution in [0.2, 0.25) is 0 Å². The van der Waals surface area contributed by atoms with Crippen molar-refractivity contribution >= 4 is 0 Å². The Labute approximate surface area is 101 Å². The van der Waals surface area contributed by atoms with E-state index in [2.05, 4.69) is 6.92 Å². The third kappa shape index (κ3) is 4.42. The lowest BCUT2D eigenvalue weighted by Gasteiger charge is -2.30. The molecule has 3 N–H and O–H groups in total. The van der Waals surface area contributed by atoms with Crippen LogP contribution in [0.15, 0.2) is 0 Å². The Morgan fingerprint density at radius 1 is 1.12 bits per heavy atom. The zero-order valence-electron chi connectivity index (χ0n) is 10.8. The van der Waals surface area contributed by atoms with Gasteiger partial charge in [-0.15, -0.1) is 0 Å². The van der Waals surface area contributed by atoms with Crippen molar-refractivity contribution in [1.29, 1.82) is 0 Å². The highest BCUT2D eigenvalue weighted by atomic mass is 16.3. The molecule has 0 aromatic rings. The van der Waals surface area contributed by atoms with Crippen LogP contribution in [0.25, 0.3) is 0 Å². The summed E-state index contributed by atoms with van der Waals surface area (Å²) in [6, 6.07) is 0. The maximum absolute atomic E-state index is 10.4. The minimum absolute atomic E-state index is 0.150. The minimum atomic E-state index is -0.150. The van der Waals surface area contributed by atoms with Crippen LogP contribution >= 0.6 is 0 Å². The highest BCUT2D eigenvalue weighted by Crippen LogP contribution is 2.29. The summed E-state index contributed by atoms with van der Waals surface area (Å²) in [7, 11) is 0. The normalized spacial score (nSPS) is 23.4. The van der Waals surface area contributed by atoms with Crippen molar-refractivity contribution in [3.63, 3.8) is 0 Å². The number of hydrogen-bond acceptors (Lipinski definition) is 2. The smallest absolute Gasteiger partial charge is 0.0608 e. The summed E-state index contributed by atoms with van der Waals surface area (Å²) >= 11 is 0. The van der Waals surface area contributed by atoms with Gasteiger partial charge >= 0.3 is 0 Å². The maximum Gasteiger partial charge on any atom is 0.0608 e. The van der Waals surface area contributed by atoms with Crippen LogP contribution < -0.4 is 5.73 Å². The van der Waals surface area contributed by atoms with Gasteiger partial charge in [0.15, 0.2) is 0 Å². The van der Waals surface area contributed by atoms with Gasteiger partial charge in [-0.2, -0.15) is 0 Å². The summed E-state index contributed by atoms with van der Waals surface area (Å²) < 4.78 is 0. The molecule has 0 amide bonds. The Kier molecular flexibility index (Phi) is 7.06. The number of rotatable bonds is 5. The number of nitrogens with two attached hydrogens (primary N) is 1. The van der Waals surface area contributed by atoms with E-state index in [1.165, 1.54) is 44.9 Å². The summed E-state index contributed by atoms with van der Waals surface area (Å²) in [4.78, 5) is 0. The Morgan fingerprint density at radius 3 is 2.19 bits per heavy atom. The molecular formula is C14H29NO. The van der Waals surface area contributed by atoms with Crippen molar-refractivity contribution in [2.45, 2.75) is 70.8 Å². The van der Waals surface area contributed by atoms with Crippen LogP contribution in [-0.2, 0) is 0 Å². The number of hydrogen-bond donors (Lipinski definition) is 2. The predicted octanol–water partition coefficient (Wildman–Crippen LogP) is 3.08. The average Bonchev–Trinajstić information content (AvgIpc) is 2.24. The summed E-state index contributed by atoms with van der Waals surface area (Å²) in [5.74, 6) is 0.842. The fourth-order valence-electron chi connectivity index (χ4n) is 3.01. The van der Waals surface area contributed by atoms with Crippen molar-refractivity contribution in [2.75, 3.05) is 6.54 Å². The zero-order valence-corrected chi connectivity index (χ0v) is 10.8. The molecule has 1 aliphatic carbocycles. The first-order valence-corrected chi connectivity index (χ1v) is 7.17. The zero-order chi connectivity index (χ0) is 11.8. The largest absolute Gasteiger partial charge is 0.393 e. The lowest BCUT2D eigenvalue weighted by molar-refractivity contribution is 0.0375. The first kappa shape index (κ1) is 14.0. The molecule has 2 nitrogen and oxygen atoms in total. The van der Waals surface area contributed by atoms with E-state index < -0.39 is 0 Å². The second kappa shape index (κ2) is 8.08. The van der Waals surface area contributed by atoms with E-state index >= 15 is 0 Å². The van der Waals surface area contributed by atoms with Gasteiger partial charge < -0.3 is 10.8 Å². The van der Waals surface area contributed by atoms with E-state index in [-0.39, 0.29) is 6.10 Å². The molecule has 0 saturated heterocycles. The first-order valence-electron chi connectivity index (χ1n) is 7.17. The van der Waals surface area contributed by atoms with Gasteiger partial charge in [0.1, 0.15) is 0 Å². The van der Waals surface area contributed by atoms with E-state index in [0.717, 1.165) is 12.8 Å². The monoisotopic (exact) mass is 227 g/mol. The summed E-state index contributed by atoms with van der Waals surface area (Å²) in [6.45, 7) is 2.82. The molecule has 2 unspecified atom stereocenters. The fourth-order valence-corrected chi connectivity index (χ4v) is 3.01. The van der Waals surface area contributed by atoms with E-state index in [4.69, 9.17) is 5.73 Å². The molecule has 1 fully saturated rings. The molecule has 0 spiro atoms. The van der Waals surface area contributed by atoms with Crippen LogP contribution in [0.3, 0.4) is 0 Å². The summed E-state index contributed by atoms with van der Waals surface area (Å²) in [5, 5.41) is 10.4. The molecule has 0 radical (unpaired) electrons. The molecule has 2 atom stereocenters. The highest BCUT2D eigenvalue weighted by Gasteiger charge is 2.26. The molecule has 0 heterocycles. The van der Waals surface area contributed by atoms with E-state index in [9.17, 15) is 5.11 Å². The number of aliphatic hydroxyl groups is 1. The van der Waals surface area contributed by atoms with Crippen LogP contribution in [0, 0.1) is 11.8 Å². The van der Waals surface area contributed by atoms with Gasteiger partial charge in [-0.25, -0.2) is 0 Å². The van der Waals surface area contributed by atoms with Crippen molar-refractivity contribution in [3.8, 4) is 0 Å². The highest BCUT2D eigenvalue weighted by molar-refractivity contribution is 4.78. The molecule has 0 aromatic carbocycles. The van der Waals surface area contributed by atoms with Gasteiger partial charge in [0.05, 0.1) is 6.10 Å². The molecule has 1 saturated carbocycles. The van der Waals surface area contributed by atoms with Gasteiger partial charge in [0.2, 0.25) is 0 Å². The van der Waals surface area contributed by atoms with Crippen LogP contribution in [-0.4, -0.2) is 17.8 Å². The third-order valence-corrected chi connectivity index (χ3v) is 4.08. The molecule has 0 aromatic heterocycles. The Morgan fingerprint density at radius 2 is 1.69 bits per heavy atom. The van der Waals surface area contributed by atoms with Crippen molar-refractivity contribution < 1.29 is 5.11 Å². The van der Waals surface area contributed by atoms with E-state index in [0.29, 0.717) is 18.4 Å². The Hall–Kier alpha value is -0.0800. The van der Waals surface area contributed by atoms with E-state index in [1.807, 2.05) is 0 Å². The Balaban J connectivity index is 2.44. The maximum atomic E-state index is 10.4. The van der Waals surface area contributed by atoms with Gasteiger partial charge in [-0.05, 0) is 37.6 Å². The first-order chi connectivity index (χ1) is 7.79. The van der Waals surface area contributed by atoms with Crippen LogP contribution in [0.4, 0.5) is 0 Å². The number of aliphatic hydroxyl groups excluding tert-OH is 1. The van der Waals surface area contributed by atoms with Gasteiger partial charge in [0, 0.05) is 0 Å². The van der Waals surface area contributed by atoms with Crippen molar-refractivity contribution in [3.05, 3.63) is 0 Å². The lowest BCUT2D eigenvalue weighted by Crippen LogP contribution is -2.34. The average molecular weight is 227 g/mol. The molecule has 16 heavy (non-hydrogen) atoms. The standard InChI is InChI=1S/C14H29NO/c1-2-8-13(11-15)14(16)12-9-6-4-3-5-7-10-12/h12-14,16H,2-11,15H2,1H3. The molecule has 1 rings (SSSR count). The molecule has 1 aliphatic rings. The molecular weight excluding hydrogens is 198 g/mol. The van der Waals surface area contributed by atoms with Crippen LogP contribution in [0.5, 0.6) is 0 Å². The van der Waals surface area contributed by atoms with E-state index in [1.54, 1.807) is 0 Å². The molecule has 96 valence electrons. The topological polar surface area (TPSA) is 46.2 Å². The Bertz CT molecular complexity index is 164. The van der Waals surface area contributed by atoms with Gasteiger partial charge in [-0.3, -0.25) is 0 Å². The minimum Gasteiger partial charge on any atom is -0.393 e. The van der Waals surface area contributed by atoms with Gasteiger partial charge in [0.25, 0.3) is 0 Å².